The summed E-state index contributed by atoms with van der Waals surface area (Å²) in [6.07, 6.45) is 0.998. The van der Waals surface area contributed by atoms with Crippen LogP contribution in [0.4, 0.5) is 0 Å². The van der Waals surface area contributed by atoms with Crippen molar-refractivity contribution in [2.75, 3.05) is 13.7 Å². The average Bonchev–Trinajstić information content (AvgIpc) is 2.29. The fourth-order valence-corrected chi connectivity index (χ4v) is 1.59. The maximum absolute atomic E-state index is 12.0. The van der Waals surface area contributed by atoms with E-state index in [1.54, 1.807) is 7.11 Å². The smallest absolute Gasteiger partial charge is 0.251 e. The number of hydrogen-bond donors (Lipinski definition) is 1. The molecule has 1 N–H and O–H groups in total. The molecule has 0 bridgehead atoms. The Labute approximate surface area is 103 Å². The molecule has 0 aliphatic heterocycles. The minimum Gasteiger partial charge on any atom is -0.380 e. The lowest BCUT2D eigenvalue weighted by Crippen LogP contribution is -2.26. The van der Waals surface area contributed by atoms with Gasteiger partial charge in [0.1, 0.15) is 0 Å². The number of ether oxygens (including phenoxy) is 1. The van der Waals surface area contributed by atoms with Gasteiger partial charge in [-0.15, -0.1) is 0 Å². The number of hydrogen-bond acceptors (Lipinski definition) is 2. The molecule has 0 radical (unpaired) electrons. The van der Waals surface area contributed by atoms with Crippen LogP contribution >= 0.6 is 0 Å². The number of carbonyl (C=O) groups excluding carboxylic acids is 1. The average molecular weight is 235 g/mol. The Bertz CT molecular complexity index is 361. The summed E-state index contributed by atoms with van der Waals surface area (Å²) in [5.41, 5.74) is 1.63. The molecule has 3 heteroatoms. The van der Waals surface area contributed by atoms with Gasteiger partial charge in [0.2, 0.25) is 0 Å². The topological polar surface area (TPSA) is 38.3 Å². The van der Waals surface area contributed by atoms with Crippen LogP contribution < -0.4 is 5.32 Å². The Balaban J connectivity index is 2.61. The van der Waals surface area contributed by atoms with Gasteiger partial charge in [-0.3, -0.25) is 4.79 Å². The second-order valence-corrected chi connectivity index (χ2v) is 4.53. The highest BCUT2D eigenvalue weighted by atomic mass is 16.5. The van der Waals surface area contributed by atoms with E-state index in [2.05, 4.69) is 19.2 Å². The molecule has 0 aliphatic rings. The normalized spacial score (nSPS) is 10.6. The molecule has 0 saturated carbocycles. The van der Waals surface area contributed by atoms with Gasteiger partial charge in [0.05, 0.1) is 6.61 Å². The molecule has 3 nitrogen and oxygen atoms in total. The Morgan fingerprint density at radius 2 is 2.06 bits per heavy atom. The van der Waals surface area contributed by atoms with E-state index in [0.717, 1.165) is 18.5 Å². The van der Waals surface area contributed by atoms with Crippen molar-refractivity contribution in [1.29, 1.82) is 0 Å². The molecule has 0 aliphatic carbocycles. The number of amides is 1. The van der Waals surface area contributed by atoms with Crippen LogP contribution in [0.15, 0.2) is 24.3 Å². The summed E-state index contributed by atoms with van der Waals surface area (Å²) >= 11 is 0. The first-order valence-corrected chi connectivity index (χ1v) is 6.00. The summed E-state index contributed by atoms with van der Waals surface area (Å²) in [5, 5.41) is 2.93. The van der Waals surface area contributed by atoms with Gasteiger partial charge in [0.25, 0.3) is 5.91 Å². The molecule has 1 aromatic carbocycles. The van der Waals surface area contributed by atoms with Crippen molar-refractivity contribution in [2.45, 2.75) is 26.9 Å². The molecular weight excluding hydrogens is 214 g/mol. The monoisotopic (exact) mass is 235 g/mol. The Hall–Kier alpha value is -1.35. The molecular formula is C14H21NO2. The zero-order chi connectivity index (χ0) is 12.7. The molecule has 94 valence electrons. The summed E-state index contributed by atoms with van der Waals surface area (Å²) in [6.45, 7) is 5.47. The molecule has 0 unspecified atom stereocenters. The standard InChI is InChI=1S/C14H21NO2/c1-11(2)8-9-15-14(16)13-7-5-4-6-12(13)10-17-3/h4-7,11H,8-10H2,1-3H3,(H,15,16). The van der Waals surface area contributed by atoms with E-state index in [4.69, 9.17) is 4.74 Å². The van der Waals surface area contributed by atoms with Crippen LogP contribution in [0.25, 0.3) is 0 Å². The van der Waals surface area contributed by atoms with Crippen LogP contribution in [0.1, 0.15) is 36.2 Å². The van der Waals surface area contributed by atoms with Gasteiger partial charge in [-0.05, 0) is 24.0 Å². The van der Waals surface area contributed by atoms with E-state index in [-0.39, 0.29) is 5.91 Å². The van der Waals surface area contributed by atoms with Gasteiger partial charge in [-0.1, -0.05) is 32.0 Å². The van der Waals surface area contributed by atoms with E-state index in [0.29, 0.717) is 18.1 Å². The van der Waals surface area contributed by atoms with Crippen LogP contribution in [-0.2, 0) is 11.3 Å². The van der Waals surface area contributed by atoms with E-state index in [9.17, 15) is 4.79 Å². The van der Waals surface area contributed by atoms with E-state index in [1.165, 1.54) is 0 Å². The number of methoxy groups -OCH3 is 1. The first kappa shape index (κ1) is 13.7. The molecule has 1 aromatic rings. The van der Waals surface area contributed by atoms with Crippen molar-refractivity contribution in [1.82, 2.24) is 5.32 Å². The molecule has 0 atom stereocenters. The highest BCUT2D eigenvalue weighted by molar-refractivity contribution is 5.95. The third-order valence-corrected chi connectivity index (χ3v) is 2.57. The zero-order valence-electron chi connectivity index (χ0n) is 10.8. The first-order chi connectivity index (χ1) is 8.15. The summed E-state index contributed by atoms with van der Waals surface area (Å²) in [6, 6.07) is 7.54. The highest BCUT2D eigenvalue weighted by Gasteiger charge is 2.09. The van der Waals surface area contributed by atoms with Gasteiger partial charge >= 0.3 is 0 Å². The minimum atomic E-state index is -0.0155. The van der Waals surface area contributed by atoms with Crippen molar-refractivity contribution in [3.8, 4) is 0 Å². The molecule has 0 fully saturated rings. The summed E-state index contributed by atoms with van der Waals surface area (Å²) in [5.74, 6) is 0.586. The zero-order valence-corrected chi connectivity index (χ0v) is 10.8. The minimum absolute atomic E-state index is 0.0155. The van der Waals surface area contributed by atoms with Crippen molar-refractivity contribution in [3.63, 3.8) is 0 Å². The van der Waals surface area contributed by atoms with Crippen molar-refractivity contribution in [2.24, 2.45) is 5.92 Å². The largest absolute Gasteiger partial charge is 0.380 e. The number of carbonyl (C=O) groups is 1. The number of nitrogens with one attached hydrogen (secondary N) is 1. The summed E-state index contributed by atoms with van der Waals surface area (Å²) in [7, 11) is 1.63. The van der Waals surface area contributed by atoms with Crippen LogP contribution in [0.5, 0.6) is 0 Å². The van der Waals surface area contributed by atoms with Crippen molar-refractivity contribution in [3.05, 3.63) is 35.4 Å². The maximum Gasteiger partial charge on any atom is 0.251 e. The van der Waals surface area contributed by atoms with Crippen LogP contribution in [-0.4, -0.2) is 19.6 Å². The Morgan fingerprint density at radius 3 is 2.71 bits per heavy atom. The fourth-order valence-electron chi connectivity index (χ4n) is 1.59. The van der Waals surface area contributed by atoms with E-state index >= 15 is 0 Å². The second-order valence-electron chi connectivity index (χ2n) is 4.53. The molecule has 17 heavy (non-hydrogen) atoms. The highest BCUT2D eigenvalue weighted by Crippen LogP contribution is 2.09. The Kier molecular flexibility index (Phi) is 5.70. The lowest BCUT2D eigenvalue weighted by Gasteiger charge is -2.10. The quantitative estimate of drug-likeness (QED) is 0.823. The van der Waals surface area contributed by atoms with Gasteiger partial charge in [0, 0.05) is 19.2 Å². The molecule has 0 saturated heterocycles. The van der Waals surface area contributed by atoms with Crippen molar-refractivity contribution < 1.29 is 9.53 Å². The second kappa shape index (κ2) is 7.07. The predicted octanol–water partition coefficient (Wildman–Crippen LogP) is 2.61. The Morgan fingerprint density at radius 1 is 1.35 bits per heavy atom. The van der Waals surface area contributed by atoms with Crippen LogP contribution in [0.3, 0.4) is 0 Å². The number of benzene rings is 1. The molecule has 0 spiro atoms. The van der Waals surface area contributed by atoms with Gasteiger partial charge in [-0.25, -0.2) is 0 Å². The first-order valence-electron chi connectivity index (χ1n) is 6.00. The lowest BCUT2D eigenvalue weighted by atomic mass is 10.1. The SMILES string of the molecule is COCc1ccccc1C(=O)NCCC(C)C. The van der Waals surface area contributed by atoms with Crippen molar-refractivity contribution >= 4 is 5.91 Å². The third kappa shape index (κ3) is 4.57. The molecule has 0 aromatic heterocycles. The van der Waals surface area contributed by atoms with Gasteiger partial charge in [-0.2, -0.15) is 0 Å². The maximum atomic E-state index is 12.0. The third-order valence-electron chi connectivity index (χ3n) is 2.57. The van der Waals surface area contributed by atoms with E-state index < -0.39 is 0 Å². The van der Waals surface area contributed by atoms with Crippen LogP contribution in [0.2, 0.25) is 0 Å². The van der Waals surface area contributed by atoms with E-state index in [1.807, 2.05) is 24.3 Å². The molecule has 1 rings (SSSR count). The fraction of sp³-hybridized carbons (Fsp3) is 0.500. The predicted molar refractivity (Wildman–Crippen MR) is 68.9 cm³/mol. The van der Waals surface area contributed by atoms with Crippen LogP contribution in [0, 0.1) is 5.92 Å². The molecule has 1 amide bonds. The molecule has 0 heterocycles. The lowest BCUT2D eigenvalue weighted by molar-refractivity contribution is 0.0947. The van der Waals surface area contributed by atoms with Gasteiger partial charge in [0.15, 0.2) is 0 Å². The summed E-state index contributed by atoms with van der Waals surface area (Å²) < 4.78 is 5.08. The van der Waals surface area contributed by atoms with Gasteiger partial charge < -0.3 is 10.1 Å². The number of rotatable bonds is 6. The summed E-state index contributed by atoms with van der Waals surface area (Å²) in [4.78, 5) is 12.0.